The highest BCUT2D eigenvalue weighted by atomic mass is 35.5. The molecule has 0 bridgehead atoms. The number of halogens is 1. The molecule has 0 saturated heterocycles. The first-order valence-electron chi connectivity index (χ1n) is 9.75. The van der Waals surface area contributed by atoms with Crippen molar-refractivity contribution in [2.24, 2.45) is 0 Å². The zero-order chi connectivity index (χ0) is 21.6. The van der Waals surface area contributed by atoms with Crippen molar-refractivity contribution >= 4 is 39.1 Å². The van der Waals surface area contributed by atoms with Gasteiger partial charge in [-0.1, -0.05) is 42.6 Å². The number of nitriles is 1. The van der Waals surface area contributed by atoms with Gasteiger partial charge in [-0.25, -0.2) is 8.42 Å². The van der Waals surface area contributed by atoms with E-state index in [1.165, 1.54) is 24.3 Å². The molecule has 0 radical (unpaired) electrons. The second kappa shape index (κ2) is 9.86. The molecule has 30 heavy (non-hydrogen) atoms. The molecule has 8 heteroatoms. The number of sulfone groups is 1. The Bertz CT molecular complexity index is 1040. The van der Waals surface area contributed by atoms with E-state index in [0.29, 0.717) is 54.3 Å². The Morgan fingerprint density at radius 2 is 1.80 bits per heavy atom. The fourth-order valence-electron chi connectivity index (χ4n) is 3.74. The van der Waals surface area contributed by atoms with Crippen LogP contribution < -0.4 is 5.32 Å². The molecule has 1 fully saturated rings. The summed E-state index contributed by atoms with van der Waals surface area (Å²) in [4.78, 5) is 13.2. The first kappa shape index (κ1) is 22.7. The van der Waals surface area contributed by atoms with Crippen molar-refractivity contribution in [3.05, 3.63) is 64.7 Å². The number of hydrogen-bond acceptors (Lipinski definition) is 5. The Morgan fingerprint density at radius 1 is 1.13 bits per heavy atom. The molecule has 1 aliphatic rings. The van der Waals surface area contributed by atoms with Gasteiger partial charge in [-0.3, -0.25) is 4.79 Å². The van der Waals surface area contributed by atoms with E-state index in [-0.39, 0.29) is 4.90 Å². The summed E-state index contributed by atoms with van der Waals surface area (Å²) in [6.45, 7) is 0.371. The van der Waals surface area contributed by atoms with Gasteiger partial charge in [0.1, 0.15) is 0 Å². The highest BCUT2D eigenvalue weighted by molar-refractivity contribution is 7.98. The number of nitrogens with zero attached hydrogens (tertiary/aromatic N) is 1. The predicted molar refractivity (Wildman–Crippen MR) is 120 cm³/mol. The quantitative estimate of drug-likeness (QED) is 0.589. The Labute approximate surface area is 186 Å². The average molecular weight is 463 g/mol. The zero-order valence-corrected chi connectivity index (χ0v) is 18.8. The van der Waals surface area contributed by atoms with Crippen molar-refractivity contribution < 1.29 is 13.2 Å². The minimum atomic E-state index is -3.82. The number of carbonyl (C=O) groups excluding carboxylic acids is 1. The normalized spacial score (nSPS) is 15.5. The van der Waals surface area contributed by atoms with Crippen LogP contribution in [0.3, 0.4) is 0 Å². The number of amides is 1. The molecular formula is C22H23ClN2O3S2. The van der Waals surface area contributed by atoms with Crippen molar-refractivity contribution in [1.29, 1.82) is 5.26 Å². The second-order valence-electron chi connectivity index (χ2n) is 7.24. The minimum Gasteiger partial charge on any atom is -0.354 e. The topological polar surface area (TPSA) is 87.0 Å². The molecule has 2 aromatic rings. The number of thioether (sulfide) groups is 1. The molecule has 0 atom stereocenters. The molecule has 0 aliphatic heterocycles. The number of rotatable bonds is 8. The molecule has 1 saturated carbocycles. The maximum absolute atomic E-state index is 13.3. The number of nitrogens with one attached hydrogen (secondary N) is 1. The smallest absolute Gasteiger partial charge is 0.241 e. The lowest BCUT2D eigenvalue weighted by Crippen LogP contribution is -2.51. The van der Waals surface area contributed by atoms with Crippen LogP contribution in [0, 0.1) is 11.3 Å². The number of hydrogen-bond donors (Lipinski definition) is 1. The fourth-order valence-corrected chi connectivity index (χ4v) is 6.81. The molecular weight excluding hydrogens is 440 g/mol. The van der Waals surface area contributed by atoms with Crippen LogP contribution in [0.2, 0.25) is 5.02 Å². The highest BCUT2D eigenvalue weighted by Gasteiger charge is 2.52. The zero-order valence-electron chi connectivity index (χ0n) is 16.4. The number of benzene rings is 2. The van der Waals surface area contributed by atoms with Crippen LogP contribution in [0.15, 0.2) is 53.4 Å². The van der Waals surface area contributed by atoms with Gasteiger partial charge in [0.05, 0.1) is 16.5 Å². The van der Waals surface area contributed by atoms with E-state index in [1.54, 1.807) is 17.8 Å². The van der Waals surface area contributed by atoms with Gasteiger partial charge in [0.2, 0.25) is 5.91 Å². The van der Waals surface area contributed by atoms with Gasteiger partial charge in [0.15, 0.2) is 14.6 Å². The molecule has 2 aromatic carbocycles. The highest BCUT2D eigenvalue weighted by Crippen LogP contribution is 2.41. The fraction of sp³-hybridized carbons (Fsp3) is 0.364. The molecule has 1 amide bonds. The van der Waals surface area contributed by atoms with Gasteiger partial charge >= 0.3 is 0 Å². The van der Waals surface area contributed by atoms with E-state index in [1.807, 2.05) is 18.2 Å². The summed E-state index contributed by atoms with van der Waals surface area (Å²) >= 11 is 7.48. The van der Waals surface area contributed by atoms with Crippen molar-refractivity contribution in [3.63, 3.8) is 0 Å². The summed E-state index contributed by atoms with van der Waals surface area (Å²) in [6.07, 6.45) is 2.07. The van der Waals surface area contributed by atoms with E-state index in [9.17, 15) is 13.2 Å². The predicted octanol–water partition coefficient (Wildman–Crippen LogP) is 4.35. The van der Waals surface area contributed by atoms with Crippen LogP contribution in [0.4, 0.5) is 0 Å². The van der Waals surface area contributed by atoms with E-state index in [0.717, 1.165) is 5.56 Å². The van der Waals surface area contributed by atoms with Crippen molar-refractivity contribution in [2.45, 2.75) is 41.1 Å². The van der Waals surface area contributed by atoms with Crippen LogP contribution in [-0.4, -0.2) is 31.4 Å². The van der Waals surface area contributed by atoms with Crippen LogP contribution >= 0.6 is 23.4 Å². The van der Waals surface area contributed by atoms with Gasteiger partial charge < -0.3 is 5.32 Å². The van der Waals surface area contributed by atoms with Crippen LogP contribution in [0.1, 0.15) is 36.8 Å². The average Bonchev–Trinajstić information content (AvgIpc) is 3.26. The maximum Gasteiger partial charge on any atom is 0.241 e. The minimum absolute atomic E-state index is 0.131. The second-order valence-corrected chi connectivity index (χ2v) is 11.0. The summed E-state index contributed by atoms with van der Waals surface area (Å²) in [5, 5.41) is 12.4. The van der Waals surface area contributed by atoms with Crippen LogP contribution in [-0.2, 0) is 20.4 Å². The number of carbonyl (C=O) groups is 1. The third kappa shape index (κ3) is 4.66. The molecule has 0 heterocycles. The molecule has 0 spiro atoms. The van der Waals surface area contributed by atoms with Gasteiger partial charge in [-0.05, 0) is 48.7 Å². The van der Waals surface area contributed by atoms with E-state index >= 15 is 0 Å². The van der Waals surface area contributed by atoms with Crippen molar-refractivity contribution in [2.75, 3.05) is 12.3 Å². The Morgan fingerprint density at radius 3 is 2.47 bits per heavy atom. The summed E-state index contributed by atoms with van der Waals surface area (Å²) < 4.78 is 25.2. The molecule has 158 valence electrons. The van der Waals surface area contributed by atoms with Gasteiger partial charge in [0, 0.05) is 23.1 Å². The Kier molecular flexibility index (Phi) is 7.45. The Balaban J connectivity index is 1.62. The standard InChI is InChI=1S/C22H23ClN2O3S2/c23-19-7-9-20(10-8-19)30(27,28)22(11-3-4-12-22)21(26)25-13-14-29-16-18-6-2-1-5-17(18)15-24/h1-2,5-10H,3-4,11-14,16H2,(H,25,26). The Hall–Kier alpha value is -2.01. The summed E-state index contributed by atoms with van der Waals surface area (Å²) in [6, 6.07) is 15.6. The van der Waals surface area contributed by atoms with Crippen molar-refractivity contribution in [1.82, 2.24) is 5.32 Å². The molecule has 1 aliphatic carbocycles. The van der Waals surface area contributed by atoms with E-state index in [4.69, 9.17) is 16.9 Å². The first-order chi connectivity index (χ1) is 14.4. The SMILES string of the molecule is N#Cc1ccccc1CSCCNC(=O)C1(S(=O)(=O)c2ccc(Cl)cc2)CCCC1. The molecule has 1 N–H and O–H groups in total. The molecule has 3 rings (SSSR count). The van der Waals surface area contributed by atoms with Crippen LogP contribution in [0.25, 0.3) is 0 Å². The largest absolute Gasteiger partial charge is 0.354 e. The van der Waals surface area contributed by atoms with E-state index in [2.05, 4.69) is 11.4 Å². The lowest BCUT2D eigenvalue weighted by atomic mass is 10.1. The summed E-state index contributed by atoms with van der Waals surface area (Å²) in [5.41, 5.74) is 1.60. The molecule has 5 nitrogen and oxygen atoms in total. The van der Waals surface area contributed by atoms with Gasteiger partial charge in [-0.15, -0.1) is 0 Å². The van der Waals surface area contributed by atoms with Gasteiger partial charge in [0.25, 0.3) is 0 Å². The third-order valence-corrected chi connectivity index (χ3v) is 9.17. The lowest BCUT2D eigenvalue weighted by molar-refractivity contribution is -0.123. The first-order valence-corrected chi connectivity index (χ1v) is 12.8. The van der Waals surface area contributed by atoms with Crippen molar-refractivity contribution in [3.8, 4) is 6.07 Å². The third-order valence-electron chi connectivity index (χ3n) is 5.39. The summed E-state index contributed by atoms with van der Waals surface area (Å²) in [5.74, 6) is 0.865. The summed E-state index contributed by atoms with van der Waals surface area (Å²) in [7, 11) is -3.82. The molecule has 0 aromatic heterocycles. The lowest BCUT2D eigenvalue weighted by Gasteiger charge is -2.27. The van der Waals surface area contributed by atoms with Gasteiger partial charge in [-0.2, -0.15) is 17.0 Å². The van der Waals surface area contributed by atoms with E-state index < -0.39 is 20.5 Å². The van der Waals surface area contributed by atoms with Crippen LogP contribution in [0.5, 0.6) is 0 Å². The molecule has 0 unspecified atom stereocenters. The monoisotopic (exact) mass is 462 g/mol. The maximum atomic E-state index is 13.3.